The molecule has 0 radical (unpaired) electrons. The maximum absolute atomic E-state index is 12.8. The second kappa shape index (κ2) is 8.41. The van der Waals surface area contributed by atoms with E-state index in [-0.39, 0.29) is 29.8 Å². The minimum Gasteiger partial charge on any atom is -0.354 e. The largest absolute Gasteiger partial charge is 0.354 e. The topological polar surface area (TPSA) is 90.0 Å². The van der Waals surface area contributed by atoms with Gasteiger partial charge in [-0.3, -0.25) is 9.59 Å². The minimum atomic E-state index is -3.74. The van der Waals surface area contributed by atoms with E-state index in [0.717, 1.165) is 25.9 Å². The van der Waals surface area contributed by atoms with Gasteiger partial charge in [0, 0.05) is 37.8 Å². The van der Waals surface area contributed by atoms with Gasteiger partial charge in [-0.25, -0.2) is 8.42 Å². The van der Waals surface area contributed by atoms with E-state index < -0.39 is 10.0 Å². The van der Waals surface area contributed by atoms with Crippen molar-refractivity contribution in [1.29, 1.82) is 0 Å². The van der Waals surface area contributed by atoms with Crippen LogP contribution in [0.25, 0.3) is 0 Å². The van der Waals surface area contributed by atoms with Gasteiger partial charge in [-0.05, 0) is 63.0 Å². The number of benzene rings is 1. The number of hydrogen-bond donors (Lipinski definition) is 1. The van der Waals surface area contributed by atoms with Gasteiger partial charge in [-0.15, -0.1) is 0 Å². The van der Waals surface area contributed by atoms with Crippen LogP contribution in [-0.4, -0.2) is 86.2 Å². The van der Waals surface area contributed by atoms with Crippen LogP contribution in [0, 0.1) is 0 Å². The molecule has 0 aliphatic carbocycles. The first-order valence-electron chi connectivity index (χ1n) is 10.4. The number of amides is 2. The number of rotatable bonds is 4. The molecule has 0 unspecified atom stereocenters. The number of nitrogens with zero attached hydrogens (tertiary/aromatic N) is 3. The van der Waals surface area contributed by atoms with Crippen LogP contribution in [0.4, 0.5) is 0 Å². The van der Waals surface area contributed by atoms with Crippen LogP contribution >= 0.6 is 0 Å². The molecule has 1 aromatic rings. The zero-order valence-electron chi connectivity index (χ0n) is 16.5. The summed E-state index contributed by atoms with van der Waals surface area (Å²) in [5.41, 5.74) is 0.500. The number of carbonyl (C=O) groups is 2. The first-order chi connectivity index (χ1) is 13.9. The summed E-state index contributed by atoms with van der Waals surface area (Å²) in [5.74, 6) is -0.352. The van der Waals surface area contributed by atoms with Crippen molar-refractivity contribution in [2.75, 3.05) is 45.8 Å². The molecule has 3 saturated heterocycles. The predicted molar refractivity (Wildman–Crippen MR) is 108 cm³/mol. The number of sulfonamides is 1. The molecule has 0 aromatic heterocycles. The molecule has 4 rings (SSSR count). The average molecular weight is 421 g/mol. The van der Waals surface area contributed by atoms with Gasteiger partial charge in [0.05, 0.1) is 11.4 Å². The molecule has 8 nitrogen and oxygen atoms in total. The normalized spacial score (nSPS) is 22.6. The summed E-state index contributed by atoms with van der Waals surface area (Å²) in [6.07, 6.45) is 4.54. The Hall–Kier alpha value is -1.97. The van der Waals surface area contributed by atoms with Gasteiger partial charge in [0.15, 0.2) is 0 Å². The zero-order chi connectivity index (χ0) is 20.4. The van der Waals surface area contributed by atoms with Crippen molar-refractivity contribution in [2.45, 2.75) is 36.6 Å². The van der Waals surface area contributed by atoms with E-state index in [4.69, 9.17) is 0 Å². The summed E-state index contributed by atoms with van der Waals surface area (Å²) < 4.78 is 26.6. The van der Waals surface area contributed by atoms with Crippen LogP contribution in [0.2, 0.25) is 0 Å². The summed E-state index contributed by atoms with van der Waals surface area (Å²) in [6, 6.07) is 6.66. The molecule has 3 fully saturated rings. The average Bonchev–Trinajstić information content (AvgIpc) is 3.28. The van der Waals surface area contributed by atoms with E-state index in [0.29, 0.717) is 18.2 Å². The lowest BCUT2D eigenvalue weighted by Gasteiger charge is -2.36. The SMILES string of the molecule is O=C1CN(S(=O)(=O)c2ccc(C(=O)N3CCC(N4CCCC4)CC3)cc2)CCN1. The molecule has 9 heteroatoms. The van der Waals surface area contributed by atoms with Gasteiger partial charge in [0.2, 0.25) is 15.9 Å². The Morgan fingerprint density at radius 3 is 2.24 bits per heavy atom. The lowest BCUT2D eigenvalue weighted by Crippen LogP contribution is -2.49. The van der Waals surface area contributed by atoms with Crippen molar-refractivity contribution >= 4 is 21.8 Å². The third-order valence-electron chi connectivity index (χ3n) is 6.15. The summed E-state index contributed by atoms with van der Waals surface area (Å²) in [4.78, 5) is 28.9. The van der Waals surface area contributed by atoms with E-state index in [2.05, 4.69) is 10.2 Å². The van der Waals surface area contributed by atoms with Crippen molar-refractivity contribution in [3.8, 4) is 0 Å². The smallest absolute Gasteiger partial charge is 0.253 e. The van der Waals surface area contributed by atoms with E-state index in [1.165, 1.54) is 42.4 Å². The van der Waals surface area contributed by atoms with Crippen LogP contribution < -0.4 is 5.32 Å². The number of nitrogens with one attached hydrogen (secondary N) is 1. The summed E-state index contributed by atoms with van der Waals surface area (Å²) >= 11 is 0. The second-order valence-electron chi connectivity index (χ2n) is 7.98. The molecule has 0 atom stereocenters. The first-order valence-corrected chi connectivity index (χ1v) is 11.8. The Bertz CT molecular complexity index is 857. The lowest BCUT2D eigenvalue weighted by atomic mass is 10.0. The van der Waals surface area contributed by atoms with Gasteiger partial charge in [0.1, 0.15) is 0 Å². The number of piperazine rings is 1. The highest BCUT2D eigenvalue weighted by Gasteiger charge is 2.31. The molecule has 158 valence electrons. The maximum atomic E-state index is 12.8. The molecule has 2 amide bonds. The Morgan fingerprint density at radius 2 is 1.62 bits per heavy atom. The van der Waals surface area contributed by atoms with Crippen LogP contribution in [0.3, 0.4) is 0 Å². The monoisotopic (exact) mass is 420 g/mol. The summed E-state index contributed by atoms with van der Waals surface area (Å²) in [6.45, 7) is 4.21. The third kappa shape index (κ3) is 4.31. The first kappa shape index (κ1) is 20.3. The van der Waals surface area contributed by atoms with Crippen molar-refractivity contribution in [1.82, 2.24) is 19.4 Å². The minimum absolute atomic E-state index is 0.0498. The van der Waals surface area contributed by atoms with Gasteiger partial charge in [0.25, 0.3) is 5.91 Å². The van der Waals surface area contributed by atoms with E-state index in [1.54, 1.807) is 12.1 Å². The van der Waals surface area contributed by atoms with Crippen molar-refractivity contribution < 1.29 is 18.0 Å². The fourth-order valence-electron chi connectivity index (χ4n) is 4.46. The number of carbonyl (C=O) groups excluding carboxylic acids is 2. The van der Waals surface area contributed by atoms with E-state index in [9.17, 15) is 18.0 Å². The predicted octanol–water partition coefficient (Wildman–Crippen LogP) is 0.508. The van der Waals surface area contributed by atoms with Crippen LogP contribution in [0.1, 0.15) is 36.0 Å². The fraction of sp³-hybridized carbons (Fsp3) is 0.600. The molecular formula is C20H28N4O4S. The molecule has 3 aliphatic rings. The third-order valence-corrected chi connectivity index (χ3v) is 8.01. The molecule has 0 saturated carbocycles. The Morgan fingerprint density at radius 1 is 0.966 bits per heavy atom. The van der Waals surface area contributed by atoms with Crippen LogP contribution in [-0.2, 0) is 14.8 Å². The molecule has 29 heavy (non-hydrogen) atoms. The van der Waals surface area contributed by atoms with Crippen LogP contribution in [0.5, 0.6) is 0 Å². The number of likely N-dealkylation sites (tertiary alicyclic amines) is 2. The molecular weight excluding hydrogens is 392 g/mol. The highest BCUT2D eigenvalue weighted by atomic mass is 32.2. The van der Waals surface area contributed by atoms with Crippen LogP contribution in [0.15, 0.2) is 29.2 Å². The molecule has 1 aromatic carbocycles. The standard InChI is InChI=1S/C20H28N4O4S/c25-19-15-24(14-9-21-19)29(27,28)18-5-3-16(4-6-18)20(26)23-12-7-17(8-13-23)22-10-1-2-11-22/h3-6,17H,1-2,7-15H2,(H,21,25). The van der Waals surface area contributed by atoms with Crippen molar-refractivity contribution in [2.24, 2.45) is 0 Å². The van der Waals surface area contributed by atoms with Gasteiger partial charge >= 0.3 is 0 Å². The lowest BCUT2D eigenvalue weighted by molar-refractivity contribution is -0.122. The molecule has 3 aliphatic heterocycles. The van der Waals surface area contributed by atoms with E-state index >= 15 is 0 Å². The van der Waals surface area contributed by atoms with E-state index in [1.807, 2.05) is 4.90 Å². The van der Waals surface area contributed by atoms with Gasteiger partial charge < -0.3 is 15.1 Å². The zero-order valence-corrected chi connectivity index (χ0v) is 17.4. The molecule has 1 N–H and O–H groups in total. The Labute approximate surface area is 171 Å². The van der Waals surface area contributed by atoms with Crippen molar-refractivity contribution in [3.63, 3.8) is 0 Å². The highest BCUT2D eigenvalue weighted by Crippen LogP contribution is 2.23. The van der Waals surface area contributed by atoms with Crippen molar-refractivity contribution in [3.05, 3.63) is 29.8 Å². The molecule has 0 spiro atoms. The highest BCUT2D eigenvalue weighted by molar-refractivity contribution is 7.89. The van der Waals surface area contributed by atoms with Gasteiger partial charge in [-0.1, -0.05) is 0 Å². The Balaban J connectivity index is 1.38. The summed E-state index contributed by atoms with van der Waals surface area (Å²) in [5, 5.41) is 2.62. The maximum Gasteiger partial charge on any atom is 0.253 e. The fourth-order valence-corrected chi connectivity index (χ4v) is 5.86. The quantitative estimate of drug-likeness (QED) is 0.767. The second-order valence-corrected chi connectivity index (χ2v) is 9.92. The summed E-state index contributed by atoms with van der Waals surface area (Å²) in [7, 11) is -3.74. The molecule has 3 heterocycles. The number of hydrogen-bond acceptors (Lipinski definition) is 5. The van der Waals surface area contributed by atoms with Gasteiger partial charge in [-0.2, -0.15) is 4.31 Å². The number of piperidine rings is 1. The molecule has 0 bridgehead atoms. The Kier molecular flexibility index (Phi) is 5.89.